The van der Waals surface area contributed by atoms with E-state index in [2.05, 4.69) is 6.92 Å². The molecule has 2 aromatic rings. The standard InChI is InChI=1S/C23H27NO5S/c1-16-9-11-24(12-10-16)30(27,28)22-14-20(13-17(2)18(22)3)23(26)29-15-21(25)19-7-5-4-6-8-19/h4-8,13-14,16H,9-12,15H2,1-3H3. The predicted octanol–water partition coefficient (Wildman–Crippen LogP) is 3.76. The molecule has 0 atom stereocenters. The largest absolute Gasteiger partial charge is 0.454 e. The highest BCUT2D eigenvalue weighted by atomic mass is 32.2. The minimum atomic E-state index is -3.71. The molecule has 0 unspecified atom stereocenters. The molecule has 0 N–H and O–H groups in total. The van der Waals surface area contributed by atoms with Gasteiger partial charge in [0, 0.05) is 18.7 Å². The quantitative estimate of drug-likeness (QED) is 0.516. The van der Waals surface area contributed by atoms with Gasteiger partial charge in [-0.2, -0.15) is 4.31 Å². The van der Waals surface area contributed by atoms with Crippen LogP contribution in [0.4, 0.5) is 0 Å². The maximum atomic E-state index is 13.2. The van der Waals surface area contributed by atoms with Gasteiger partial charge >= 0.3 is 5.97 Å². The van der Waals surface area contributed by atoms with Crippen molar-refractivity contribution in [2.75, 3.05) is 19.7 Å². The second kappa shape index (κ2) is 9.10. The molecule has 0 radical (unpaired) electrons. The van der Waals surface area contributed by atoms with Crippen molar-refractivity contribution in [3.8, 4) is 0 Å². The first-order valence-electron chi connectivity index (χ1n) is 10.1. The second-order valence-electron chi connectivity index (χ2n) is 7.87. The number of ether oxygens (including phenoxy) is 1. The summed E-state index contributed by atoms with van der Waals surface area (Å²) in [6.07, 6.45) is 1.64. The van der Waals surface area contributed by atoms with E-state index in [4.69, 9.17) is 4.74 Å². The van der Waals surface area contributed by atoms with E-state index in [1.54, 1.807) is 50.2 Å². The SMILES string of the molecule is Cc1cc(C(=O)OCC(=O)c2ccccc2)cc(S(=O)(=O)N2CCC(C)CC2)c1C. The summed E-state index contributed by atoms with van der Waals surface area (Å²) in [7, 11) is -3.71. The van der Waals surface area contributed by atoms with Crippen molar-refractivity contribution in [2.24, 2.45) is 5.92 Å². The Morgan fingerprint density at radius 3 is 2.30 bits per heavy atom. The number of rotatable bonds is 6. The van der Waals surface area contributed by atoms with Crippen LogP contribution < -0.4 is 0 Å². The molecule has 160 valence electrons. The van der Waals surface area contributed by atoms with Crippen molar-refractivity contribution < 1.29 is 22.7 Å². The summed E-state index contributed by atoms with van der Waals surface area (Å²) in [5, 5.41) is 0. The van der Waals surface area contributed by atoms with E-state index in [1.165, 1.54) is 10.4 Å². The van der Waals surface area contributed by atoms with Gasteiger partial charge in [0.25, 0.3) is 0 Å². The molecule has 0 amide bonds. The number of carbonyl (C=O) groups excluding carboxylic acids is 2. The molecule has 7 heteroatoms. The van der Waals surface area contributed by atoms with Gasteiger partial charge in [-0.3, -0.25) is 4.79 Å². The summed E-state index contributed by atoms with van der Waals surface area (Å²) in [5.74, 6) is -0.531. The number of sulfonamides is 1. The van der Waals surface area contributed by atoms with Crippen LogP contribution in [0, 0.1) is 19.8 Å². The summed E-state index contributed by atoms with van der Waals surface area (Å²) in [6.45, 7) is 6.17. The third kappa shape index (κ3) is 4.79. The lowest BCUT2D eigenvalue weighted by molar-refractivity contribution is 0.0474. The van der Waals surface area contributed by atoms with Gasteiger partial charge in [-0.1, -0.05) is 37.3 Å². The van der Waals surface area contributed by atoms with Gasteiger partial charge in [0.05, 0.1) is 10.5 Å². The first-order valence-corrected chi connectivity index (χ1v) is 11.5. The fraction of sp³-hybridized carbons (Fsp3) is 0.391. The summed E-state index contributed by atoms with van der Waals surface area (Å²) in [5.41, 5.74) is 1.88. The molecule has 3 rings (SSSR count). The molecule has 0 aliphatic carbocycles. The Bertz CT molecular complexity index is 1040. The van der Waals surface area contributed by atoms with Crippen LogP contribution in [-0.2, 0) is 14.8 Å². The average molecular weight is 430 g/mol. The summed E-state index contributed by atoms with van der Waals surface area (Å²) >= 11 is 0. The Morgan fingerprint density at radius 2 is 1.67 bits per heavy atom. The van der Waals surface area contributed by atoms with Crippen LogP contribution in [-0.4, -0.2) is 44.2 Å². The van der Waals surface area contributed by atoms with Crippen LogP contribution in [0.1, 0.15) is 51.6 Å². The van der Waals surface area contributed by atoms with Crippen molar-refractivity contribution in [1.29, 1.82) is 0 Å². The molecule has 1 aliphatic rings. The minimum Gasteiger partial charge on any atom is -0.454 e. The summed E-state index contributed by atoms with van der Waals surface area (Å²) in [4.78, 5) is 24.9. The fourth-order valence-corrected chi connectivity index (χ4v) is 5.29. The van der Waals surface area contributed by atoms with E-state index in [9.17, 15) is 18.0 Å². The van der Waals surface area contributed by atoms with E-state index < -0.39 is 22.6 Å². The highest BCUT2D eigenvalue weighted by molar-refractivity contribution is 7.89. The zero-order valence-corrected chi connectivity index (χ0v) is 18.4. The predicted molar refractivity (Wildman–Crippen MR) is 114 cm³/mol. The normalized spacial score (nSPS) is 15.7. The van der Waals surface area contributed by atoms with Gasteiger partial charge < -0.3 is 4.74 Å². The molecule has 0 bridgehead atoms. The fourth-order valence-electron chi connectivity index (χ4n) is 3.50. The Kier molecular flexibility index (Phi) is 6.73. The molecule has 30 heavy (non-hydrogen) atoms. The topological polar surface area (TPSA) is 80.8 Å². The Hall–Kier alpha value is -2.51. The summed E-state index contributed by atoms with van der Waals surface area (Å²) in [6, 6.07) is 11.5. The number of nitrogens with zero attached hydrogens (tertiary/aromatic N) is 1. The molecule has 0 aromatic heterocycles. The van der Waals surface area contributed by atoms with Gasteiger partial charge in [0.2, 0.25) is 10.0 Å². The zero-order chi connectivity index (χ0) is 21.9. The summed E-state index contributed by atoms with van der Waals surface area (Å²) < 4.78 is 33.1. The van der Waals surface area contributed by atoms with Gasteiger partial charge in [0.1, 0.15) is 0 Å². The van der Waals surface area contributed by atoms with Crippen LogP contribution in [0.2, 0.25) is 0 Å². The van der Waals surface area contributed by atoms with E-state index >= 15 is 0 Å². The third-order valence-corrected chi connectivity index (χ3v) is 7.67. The van der Waals surface area contributed by atoms with Crippen LogP contribution in [0.3, 0.4) is 0 Å². The molecule has 1 fully saturated rings. The first-order chi connectivity index (χ1) is 14.2. The number of hydrogen-bond donors (Lipinski definition) is 0. The van der Waals surface area contributed by atoms with E-state index in [0.29, 0.717) is 35.7 Å². The Labute approximate surface area is 177 Å². The Balaban J connectivity index is 1.80. The average Bonchev–Trinajstić information content (AvgIpc) is 2.74. The van der Waals surface area contributed by atoms with Gasteiger partial charge in [0.15, 0.2) is 12.4 Å². The lowest BCUT2D eigenvalue weighted by atomic mass is 10.0. The second-order valence-corrected chi connectivity index (χ2v) is 9.77. The van der Waals surface area contributed by atoms with Crippen molar-refractivity contribution >= 4 is 21.8 Å². The maximum Gasteiger partial charge on any atom is 0.338 e. The van der Waals surface area contributed by atoms with Crippen molar-refractivity contribution in [2.45, 2.75) is 38.5 Å². The monoisotopic (exact) mass is 429 g/mol. The maximum absolute atomic E-state index is 13.2. The highest BCUT2D eigenvalue weighted by Gasteiger charge is 2.30. The number of aryl methyl sites for hydroxylation is 1. The van der Waals surface area contributed by atoms with E-state index in [0.717, 1.165) is 12.8 Å². The van der Waals surface area contributed by atoms with Crippen LogP contribution in [0.15, 0.2) is 47.4 Å². The smallest absolute Gasteiger partial charge is 0.338 e. The number of carbonyl (C=O) groups is 2. The molecule has 1 heterocycles. The number of ketones is 1. The zero-order valence-electron chi connectivity index (χ0n) is 17.6. The van der Waals surface area contributed by atoms with E-state index in [-0.39, 0.29) is 16.2 Å². The van der Waals surface area contributed by atoms with Crippen LogP contribution in [0.5, 0.6) is 0 Å². The number of hydrogen-bond acceptors (Lipinski definition) is 5. The number of piperidine rings is 1. The van der Waals surface area contributed by atoms with Crippen LogP contribution in [0.25, 0.3) is 0 Å². The molecule has 6 nitrogen and oxygen atoms in total. The third-order valence-electron chi connectivity index (χ3n) is 5.65. The van der Waals surface area contributed by atoms with Gasteiger partial charge in [-0.05, 0) is 55.9 Å². The first kappa shape index (κ1) is 22.2. The number of Topliss-reactive ketones (excluding diaryl/α,β-unsaturated/α-hetero) is 1. The molecule has 1 saturated heterocycles. The molecule has 1 aliphatic heterocycles. The lowest BCUT2D eigenvalue weighted by Crippen LogP contribution is -2.38. The molecule has 0 spiro atoms. The Morgan fingerprint density at radius 1 is 1.03 bits per heavy atom. The molecule has 0 saturated carbocycles. The van der Waals surface area contributed by atoms with Crippen LogP contribution >= 0.6 is 0 Å². The number of benzene rings is 2. The van der Waals surface area contributed by atoms with E-state index in [1.807, 2.05) is 0 Å². The van der Waals surface area contributed by atoms with Crippen molar-refractivity contribution in [3.05, 3.63) is 64.7 Å². The molecular weight excluding hydrogens is 402 g/mol. The highest BCUT2D eigenvalue weighted by Crippen LogP contribution is 2.28. The van der Waals surface area contributed by atoms with Crippen molar-refractivity contribution in [1.82, 2.24) is 4.31 Å². The lowest BCUT2D eigenvalue weighted by Gasteiger charge is -2.30. The molecule has 2 aromatic carbocycles. The molecular formula is C23H27NO5S. The van der Waals surface area contributed by atoms with Gasteiger partial charge in [-0.25, -0.2) is 13.2 Å². The minimum absolute atomic E-state index is 0.124. The van der Waals surface area contributed by atoms with Crippen molar-refractivity contribution in [3.63, 3.8) is 0 Å². The van der Waals surface area contributed by atoms with Gasteiger partial charge in [-0.15, -0.1) is 0 Å². The number of esters is 1.